The molecule has 0 unspecified atom stereocenters. The van der Waals surface area contributed by atoms with Gasteiger partial charge in [-0.05, 0) is 29.5 Å². The Morgan fingerprint density at radius 1 is 1.04 bits per heavy atom. The van der Waals surface area contributed by atoms with E-state index in [0.717, 1.165) is 10.6 Å². The van der Waals surface area contributed by atoms with E-state index in [1.54, 1.807) is 12.1 Å². The lowest BCUT2D eigenvalue weighted by molar-refractivity contribution is -0.141. The van der Waals surface area contributed by atoms with E-state index >= 15 is 0 Å². The maximum absolute atomic E-state index is 13.2. The number of alkyl halides is 3. The van der Waals surface area contributed by atoms with Gasteiger partial charge in [0, 0.05) is 0 Å². The smallest absolute Gasteiger partial charge is 0.387 e. The quantitative estimate of drug-likeness (QED) is 0.657. The van der Waals surface area contributed by atoms with Crippen LogP contribution in [0, 0.1) is 0 Å². The van der Waals surface area contributed by atoms with Crippen LogP contribution < -0.4 is 11.0 Å². The molecule has 0 saturated heterocycles. The van der Waals surface area contributed by atoms with Crippen LogP contribution in [0.3, 0.4) is 0 Å². The van der Waals surface area contributed by atoms with Gasteiger partial charge in [0.2, 0.25) is 0 Å². The van der Waals surface area contributed by atoms with E-state index in [4.69, 9.17) is 11.6 Å². The first-order valence-electron chi connectivity index (χ1n) is 8.01. The molecule has 2 heterocycles. The number of nitrogens with one attached hydrogen (secondary N) is 1. The van der Waals surface area contributed by atoms with E-state index < -0.39 is 22.8 Å². The van der Waals surface area contributed by atoms with Crippen LogP contribution in [0.1, 0.15) is 5.69 Å². The fourth-order valence-corrected chi connectivity index (χ4v) is 2.78. The SMILES string of the molecule is BC(B)(B)Nc1nc(=O)n(-c2ccccc2Cl)c2nc(C(F)(F)F)ccc12. The molecular formula is C15H13B3ClF3N4O. The molecule has 0 amide bonds. The number of nitrogens with zero attached hydrogens (tertiary/aromatic N) is 3. The summed E-state index contributed by atoms with van der Waals surface area (Å²) < 4.78 is 40.6. The van der Waals surface area contributed by atoms with Gasteiger partial charge in [-0.1, -0.05) is 23.7 Å². The zero-order chi connectivity index (χ0) is 20.0. The molecule has 3 aromatic rings. The van der Waals surface area contributed by atoms with Crippen molar-refractivity contribution < 1.29 is 13.2 Å². The monoisotopic (exact) mass is 390 g/mol. The number of rotatable bonds is 3. The Balaban J connectivity index is 2.41. The Bertz CT molecular complexity index is 1080. The summed E-state index contributed by atoms with van der Waals surface area (Å²) in [6.45, 7) is 0. The maximum atomic E-state index is 13.2. The lowest BCUT2D eigenvalue weighted by Gasteiger charge is -2.23. The van der Waals surface area contributed by atoms with E-state index in [-0.39, 0.29) is 27.6 Å². The predicted molar refractivity (Wildman–Crippen MR) is 107 cm³/mol. The van der Waals surface area contributed by atoms with Crippen LogP contribution in [-0.2, 0) is 6.18 Å². The molecule has 1 N–H and O–H groups in total. The van der Waals surface area contributed by atoms with Crippen LogP contribution in [-0.4, -0.2) is 43.3 Å². The van der Waals surface area contributed by atoms with Crippen LogP contribution in [0.15, 0.2) is 41.2 Å². The minimum absolute atomic E-state index is 0.159. The van der Waals surface area contributed by atoms with Gasteiger partial charge in [0.15, 0.2) is 5.65 Å². The number of aromatic nitrogens is 3. The van der Waals surface area contributed by atoms with Gasteiger partial charge >= 0.3 is 11.9 Å². The van der Waals surface area contributed by atoms with Gasteiger partial charge in [-0.2, -0.15) is 18.2 Å². The molecule has 0 saturated carbocycles. The number of hydrogen-bond donors (Lipinski definition) is 1. The van der Waals surface area contributed by atoms with Crippen LogP contribution >= 0.6 is 11.6 Å². The first kappa shape index (κ1) is 19.3. The van der Waals surface area contributed by atoms with Gasteiger partial charge in [0.25, 0.3) is 0 Å². The molecule has 0 fully saturated rings. The van der Waals surface area contributed by atoms with Crippen molar-refractivity contribution in [2.24, 2.45) is 0 Å². The fourth-order valence-electron chi connectivity index (χ4n) is 2.56. The van der Waals surface area contributed by atoms with Gasteiger partial charge in [-0.15, -0.1) is 0 Å². The van der Waals surface area contributed by atoms with Crippen molar-refractivity contribution >= 4 is 52.0 Å². The summed E-state index contributed by atoms with van der Waals surface area (Å²) in [6, 6.07) is 8.43. The molecule has 0 radical (unpaired) electrons. The average molecular weight is 390 g/mol. The Hall–Kier alpha value is -2.42. The molecule has 0 aliphatic rings. The Morgan fingerprint density at radius 3 is 2.30 bits per heavy atom. The van der Waals surface area contributed by atoms with Gasteiger partial charge < -0.3 is 5.32 Å². The highest BCUT2D eigenvalue weighted by Crippen LogP contribution is 2.31. The number of hydrogen-bond acceptors (Lipinski definition) is 4. The van der Waals surface area contributed by atoms with Crippen molar-refractivity contribution in [2.75, 3.05) is 5.32 Å². The molecule has 1 aromatic carbocycles. The molecule has 0 bridgehead atoms. The van der Waals surface area contributed by atoms with Gasteiger partial charge in [0.05, 0.1) is 16.1 Å². The van der Waals surface area contributed by atoms with Crippen LogP contribution in [0.5, 0.6) is 0 Å². The summed E-state index contributed by atoms with van der Waals surface area (Å²) >= 11 is 6.15. The number of anilines is 1. The first-order chi connectivity index (χ1) is 12.5. The third kappa shape index (κ3) is 3.97. The zero-order valence-electron chi connectivity index (χ0n) is 14.7. The van der Waals surface area contributed by atoms with Crippen molar-refractivity contribution in [2.45, 2.75) is 11.4 Å². The summed E-state index contributed by atoms with van der Waals surface area (Å²) in [7, 11) is 5.53. The van der Waals surface area contributed by atoms with Crippen molar-refractivity contribution in [3.05, 3.63) is 57.6 Å². The molecule has 5 nitrogen and oxygen atoms in total. The Kier molecular flexibility index (Phi) is 4.75. The minimum atomic E-state index is -4.66. The van der Waals surface area contributed by atoms with Crippen molar-refractivity contribution in [3.8, 4) is 5.69 Å². The number of para-hydroxylation sites is 1. The highest BCUT2D eigenvalue weighted by atomic mass is 35.5. The third-order valence-electron chi connectivity index (χ3n) is 3.62. The Labute approximate surface area is 160 Å². The van der Waals surface area contributed by atoms with E-state index in [9.17, 15) is 18.0 Å². The molecule has 0 atom stereocenters. The zero-order valence-corrected chi connectivity index (χ0v) is 15.5. The molecule has 0 aliphatic heterocycles. The van der Waals surface area contributed by atoms with E-state index in [0.29, 0.717) is 0 Å². The fraction of sp³-hybridized carbons (Fsp3) is 0.133. The van der Waals surface area contributed by atoms with Crippen LogP contribution in [0.2, 0.25) is 5.02 Å². The molecule has 0 spiro atoms. The molecular weight excluding hydrogens is 377 g/mol. The highest BCUT2D eigenvalue weighted by molar-refractivity contribution is 6.60. The largest absolute Gasteiger partial charge is 0.433 e. The number of pyridine rings is 1. The van der Waals surface area contributed by atoms with Crippen molar-refractivity contribution in [1.29, 1.82) is 0 Å². The molecule has 27 heavy (non-hydrogen) atoms. The molecule has 0 aliphatic carbocycles. The Morgan fingerprint density at radius 2 is 1.70 bits per heavy atom. The number of halogens is 4. The summed E-state index contributed by atoms with van der Waals surface area (Å²) in [5.41, 5.74) is -1.86. The summed E-state index contributed by atoms with van der Waals surface area (Å²) in [5, 5.41) is 3.04. The first-order valence-corrected chi connectivity index (χ1v) is 8.39. The molecule has 136 valence electrons. The average Bonchev–Trinajstić information content (AvgIpc) is 2.53. The number of fused-ring (bicyclic) bond motifs is 1. The number of benzene rings is 1. The maximum Gasteiger partial charge on any atom is 0.433 e. The normalized spacial score (nSPS) is 12.3. The lowest BCUT2D eigenvalue weighted by atomic mass is 9.49. The summed E-state index contributed by atoms with van der Waals surface area (Å²) in [5.74, 6) is 0.159. The molecule has 2 aromatic heterocycles. The second kappa shape index (κ2) is 6.63. The van der Waals surface area contributed by atoms with Crippen LogP contribution in [0.4, 0.5) is 19.0 Å². The summed E-state index contributed by atoms with van der Waals surface area (Å²) in [4.78, 5) is 20.4. The van der Waals surface area contributed by atoms with Gasteiger partial charge in [0.1, 0.15) is 35.1 Å². The highest BCUT2D eigenvalue weighted by Gasteiger charge is 2.33. The summed E-state index contributed by atoms with van der Waals surface area (Å²) in [6.07, 6.45) is -4.66. The molecule has 3 rings (SSSR count). The standard InChI is InChI=1S/C15H13B3ClF3N4O/c16-15(17,18)25-11-7-5-6-10(14(20,21)22)23-12(7)26(13(27)24-11)9-4-2-1-3-8(9)19/h1-6H,16-18H2,(H,24,25,27). The minimum Gasteiger partial charge on any atom is -0.387 e. The van der Waals surface area contributed by atoms with Gasteiger partial charge in [-0.25, -0.2) is 14.3 Å². The van der Waals surface area contributed by atoms with E-state index in [1.165, 1.54) is 18.2 Å². The van der Waals surface area contributed by atoms with Crippen molar-refractivity contribution in [1.82, 2.24) is 14.5 Å². The topological polar surface area (TPSA) is 59.8 Å². The van der Waals surface area contributed by atoms with Crippen LogP contribution in [0.25, 0.3) is 16.7 Å². The second-order valence-electron chi connectivity index (χ2n) is 6.97. The molecule has 12 heteroatoms. The van der Waals surface area contributed by atoms with Gasteiger partial charge in [-0.3, -0.25) is 0 Å². The second-order valence-corrected chi connectivity index (χ2v) is 7.38. The van der Waals surface area contributed by atoms with E-state index in [2.05, 4.69) is 15.3 Å². The predicted octanol–water partition coefficient (Wildman–Crippen LogP) is 0.375. The lowest BCUT2D eigenvalue weighted by Crippen LogP contribution is -2.41. The van der Waals surface area contributed by atoms with E-state index in [1.807, 2.05) is 23.5 Å². The van der Waals surface area contributed by atoms with Crippen molar-refractivity contribution in [3.63, 3.8) is 0 Å². The third-order valence-corrected chi connectivity index (χ3v) is 3.94.